The average Bonchev–Trinajstić information content (AvgIpc) is 2.68. The van der Waals surface area contributed by atoms with Crippen molar-refractivity contribution in [1.82, 2.24) is 5.32 Å². The fourth-order valence-corrected chi connectivity index (χ4v) is 3.10. The topological polar surface area (TPSA) is 30.5 Å². The zero-order chi connectivity index (χ0) is 16.9. The number of nitrogens with one attached hydrogen (secondary N) is 1. The Kier molecular flexibility index (Phi) is 4.66. The highest BCUT2D eigenvalue weighted by Crippen LogP contribution is 2.31. The summed E-state index contributed by atoms with van der Waals surface area (Å²) in [6.45, 7) is 1.59. The third-order valence-electron chi connectivity index (χ3n) is 4.41. The van der Waals surface area contributed by atoms with Gasteiger partial charge in [-0.05, 0) is 35.9 Å². The van der Waals surface area contributed by atoms with Gasteiger partial charge < -0.3 is 14.8 Å². The molecule has 1 aliphatic rings. The lowest BCUT2D eigenvalue weighted by Crippen LogP contribution is -2.26. The molecule has 1 unspecified atom stereocenters. The lowest BCUT2D eigenvalue weighted by atomic mass is 10.0. The maximum absolute atomic E-state index is 5.84. The van der Waals surface area contributed by atoms with Gasteiger partial charge in [-0.1, -0.05) is 48.5 Å². The van der Waals surface area contributed by atoms with Gasteiger partial charge in [0.1, 0.15) is 17.2 Å². The Bertz CT molecular complexity index is 815. The van der Waals surface area contributed by atoms with E-state index in [2.05, 4.69) is 29.6 Å². The monoisotopic (exact) mass is 331 g/mol. The SMILES string of the molecule is c1ccc(Oc2ccc(CNC3CCOc4ccccc43)cc2)cc1. The molecule has 0 aliphatic carbocycles. The summed E-state index contributed by atoms with van der Waals surface area (Å²) in [5, 5.41) is 3.64. The van der Waals surface area contributed by atoms with E-state index in [-0.39, 0.29) is 0 Å². The van der Waals surface area contributed by atoms with E-state index in [4.69, 9.17) is 9.47 Å². The normalized spacial score (nSPS) is 15.9. The second-order valence-electron chi connectivity index (χ2n) is 6.17. The minimum Gasteiger partial charge on any atom is -0.493 e. The first-order chi connectivity index (χ1) is 12.4. The number of rotatable bonds is 5. The Balaban J connectivity index is 1.38. The van der Waals surface area contributed by atoms with Gasteiger partial charge in [0.2, 0.25) is 0 Å². The van der Waals surface area contributed by atoms with Crippen LogP contribution in [-0.4, -0.2) is 6.61 Å². The number of hydrogen-bond acceptors (Lipinski definition) is 3. The molecule has 3 aromatic carbocycles. The van der Waals surface area contributed by atoms with Crippen LogP contribution in [-0.2, 0) is 6.54 Å². The summed E-state index contributed by atoms with van der Waals surface area (Å²) in [7, 11) is 0. The number of benzene rings is 3. The largest absolute Gasteiger partial charge is 0.493 e. The Hall–Kier alpha value is -2.78. The molecule has 0 saturated carbocycles. The number of hydrogen-bond donors (Lipinski definition) is 1. The van der Waals surface area contributed by atoms with Crippen LogP contribution in [0.1, 0.15) is 23.6 Å². The molecular weight excluding hydrogens is 310 g/mol. The van der Waals surface area contributed by atoms with Crippen molar-refractivity contribution in [2.45, 2.75) is 19.0 Å². The molecule has 0 spiro atoms. The molecule has 3 heteroatoms. The van der Waals surface area contributed by atoms with Gasteiger partial charge in [-0.25, -0.2) is 0 Å². The van der Waals surface area contributed by atoms with E-state index in [1.807, 2.05) is 54.6 Å². The second-order valence-corrected chi connectivity index (χ2v) is 6.17. The molecule has 0 fully saturated rings. The van der Waals surface area contributed by atoms with Crippen LogP contribution in [0.25, 0.3) is 0 Å². The van der Waals surface area contributed by atoms with Crippen molar-refractivity contribution in [3.8, 4) is 17.2 Å². The van der Waals surface area contributed by atoms with Crippen molar-refractivity contribution in [2.75, 3.05) is 6.61 Å². The van der Waals surface area contributed by atoms with E-state index >= 15 is 0 Å². The summed E-state index contributed by atoms with van der Waals surface area (Å²) in [5.41, 5.74) is 2.49. The lowest BCUT2D eigenvalue weighted by molar-refractivity contribution is 0.252. The van der Waals surface area contributed by atoms with Crippen LogP contribution in [0.3, 0.4) is 0 Å². The van der Waals surface area contributed by atoms with Crippen molar-refractivity contribution in [3.63, 3.8) is 0 Å². The van der Waals surface area contributed by atoms with Crippen molar-refractivity contribution in [2.24, 2.45) is 0 Å². The molecule has 0 bridgehead atoms. The van der Waals surface area contributed by atoms with E-state index in [1.54, 1.807) is 0 Å². The zero-order valence-corrected chi connectivity index (χ0v) is 14.0. The molecule has 1 N–H and O–H groups in total. The Morgan fingerprint density at radius 3 is 2.40 bits per heavy atom. The summed E-state index contributed by atoms with van der Waals surface area (Å²) in [6, 6.07) is 26.7. The summed E-state index contributed by atoms with van der Waals surface area (Å²) >= 11 is 0. The predicted octanol–water partition coefficient (Wildman–Crippen LogP) is 5.09. The molecule has 3 nitrogen and oxygen atoms in total. The average molecular weight is 331 g/mol. The van der Waals surface area contributed by atoms with E-state index < -0.39 is 0 Å². The maximum atomic E-state index is 5.84. The highest BCUT2D eigenvalue weighted by molar-refractivity contribution is 5.38. The molecule has 0 saturated heterocycles. The van der Waals surface area contributed by atoms with Crippen molar-refractivity contribution < 1.29 is 9.47 Å². The molecule has 1 atom stereocenters. The Labute approximate surface area is 148 Å². The standard InChI is InChI=1S/C22H21NO2/c1-2-6-18(7-3-1)25-19-12-10-17(11-13-19)16-23-21-14-15-24-22-9-5-4-8-20(21)22/h1-13,21,23H,14-16H2. The Morgan fingerprint density at radius 1 is 0.840 bits per heavy atom. The molecule has 25 heavy (non-hydrogen) atoms. The van der Waals surface area contributed by atoms with Gasteiger partial charge in [-0.15, -0.1) is 0 Å². The smallest absolute Gasteiger partial charge is 0.127 e. The highest BCUT2D eigenvalue weighted by atomic mass is 16.5. The van der Waals surface area contributed by atoms with Gasteiger partial charge >= 0.3 is 0 Å². The van der Waals surface area contributed by atoms with Crippen molar-refractivity contribution in [3.05, 3.63) is 90.0 Å². The van der Waals surface area contributed by atoms with Crippen LogP contribution >= 0.6 is 0 Å². The number of para-hydroxylation sites is 2. The first kappa shape index (κ1) is 15.7. The Morgan fingerprint density at radius 2 is 1.56 bits per heavy atom. The van der Waals surface area contributed by atoms with Gasteiger partial charge in [0.25, 0.3) is 0 Å². The fourth-order valence-electron chi connectivity index (χ4n) is 3.10. The maximum Gasteiger partial charge on any atom is 0.127 e. The minimum atomic E-state index is 0.338. The fraction of sp³-hybridized carbons (Fsp3) is 0.182. The van der Waals surface area contributed by atoms with Crippen LogP contribution < -0.4 is 14.8 Å². The van der Waals surface area contributed by atoms with Crippen LogP contribution in [0, 0.1) is 0 Å². The van der Waals surface area contributed by atoms with E-state index in [0.717, 1.165) is 36.8 Å². The molecule has 4 rings (SSSR count). The van der Waals surface area contributed by atoms with Gasteiger partial charge in [0.05, 0.1) is 6.61 Å². The quantitative estimate of drug-likeness (QED) is 0.706. The van der Waals surface area contributed by atoms with Gasteiger partial charge in [-0.3, -0.25) is 0 Å². The van der Waals surface area contributed by atoms with Crippen LogP contribution in [0.5, 0.6) is 17.2 Å². The molecule has 0 aromatic heterocycles. The van der Waals surface area contributed by atoms with Crippen LogP contribution in [0.15, 0.2) is 78.9 Å². The molecule has 1 heterocycles. The van der Waals surface area contributed by atoms with Crippen molar-refractivity contribution in [1.29, 1.82) is 0 Å². The molecular formula is C22H21NO2. The van der Waals surface area contributed by atoms with Gasteiger partial charge in [-0.2, -0.15) is 0 Å². The summed E-state index contributed by atoms with van der Waals surface area (Å²) in [6.07, 6.45) is 0.992. The molecule has 1 aliphatic heterocycles. The molecule has 126 valence electrons. The number of fused-ring (bicyclic) bond motifs is 1. The molecule has 0 radical (unpaired) electrons. The van der Waals surface area contributed by atoms with Crippen LogP contribution in [0.2, 0.25) is 0 Å². The highest BCUT2D eigenvalue weighted by Gasteiger charge is 2.20. The zero-order valence-electron chi connectivity index (χ0n) is 14.0. The third kappa shape index (κ3) is 3.83. The van der Waals surface area contributed by atoms with E-state index in [9.17, 15) is 0 Å². The van der Waals surface area contributed by atoms with Gasteiger partial charge in [0.15, 0.2) is 0 Å². The lowest BCUT2D eigenvalue weighted by Gasteiger charge is -2.26. The third-order valence-corrected chi connectivity index (χ3v) is 4.41. The summed E-state index contributed by atoms with van der Waals surface area (Å²) in [4.78, 5) is 0. The number of ether oxygens (including phenoxy) is 2. The second kappa shape index (κ2) is 7.41. The molecule has 0 amide bonds. The minimum absolute atomic E-state index is 0.338. The van der Waals surface area contributed by atoms with Crippen LogP contribution in [0.4, 0.5) is 0 Å². The van der Waals surface area contributed by atoms with Crippen molar-refractivity contribution >= 4 is 0 Å². The first-order valence-electron chi connectivity index (χ1n) is 8.65. The van der Waals surface area contributed by atoms with E-state index in [1.165, 1.54) is 11.1 Å². The summed E-state index contributed by atoms with van der Waals surface area (Å²) < 4.78 is 11.6. The predicted molar refractivity (Wildman–Crippen MR) is 99.1 cm³/mol. The van der Waals surface area contributed by atoms with Gasteiger partial charge in [0, 0.05) is 24.6 Å². The van der Waals surface area contributed by atoms with E-state index in [0.29, 0.717) is 6.04 Å². The molecule has 3 aromatic rings. The first-order valence-corrected chi connectivity index (χ1v) is 8.65. The summed E-state index contributed by atoms with van der Waals surface area (Å²) in [5.74, 6) is 2.71.